The molecule has 0 unspecified atom stereocenters. The van der Waals surface area contributed by atoms with Crippen LogP contribution in [0.5, 0.6) is 0 Å². The molecule has 2 aromatic carbocycles. The second kappa shape index (κ2) is 9.08. The van der Waals surface area contributed by atoms with Crippen molar-refractivity contribution in [2.45, 2.75) is 25.8 Å². The van der Waals surface area contributed by atoms with Gasteiger partial charge in [-0.25, -0.2) is 4.79 Å². The second-order valence-corrected chi connectivity index (χ2v) is 5.47. The molecule has 2 rings (SSSR count). The maximum Gasteiger partial charge on any atom is 0.319 e. The first-order chi connectivity index (χ1) is 12.1. The van der Waals surface area contributed by atoms with E-state index in [1.54, 1.807) is 48.5 Å². The van der Waals surface area contributed by atoms with Crippen molar-refractivity contribution in [3.63, 3.8) is 0 Å². The van der Waals surface area contributed by atoms with Crippen molar-refractivity contribution in [2.24, 2.45) is 0 Å². The van der Waals surface area contributed by atoms with Gasteiger partial charge < -0.3 is 16.0 Å². The van der Waals surface area contributed by atoms with Gasteiger partial charge in [-0.2, -0.15) is 5.26 Å². The van der Waals surface area contributed by atoms with Gasteiger partial charge in [0.05, 0.1) is 12.5 Å². The molecular formula is C19H20N4O2. The van der Waals surface area contributed by atoms with Crippen molar-refractivity contribution in [1.82, 2.24) is 5.32 Å². The lowest BCUT2D eigenvalue weighted by Crippen LogP contribution is -2.37. The van der Waals surface area contributed by atoms with Gasteiger partial charge in [0.2, 0.25) is 0 Å². The second-order valence-electron chi connectivity index (χ2n) is 5.47. The minimum atomic E-state index is -0.381. The van der Waals surface area contributed by atoms with E-state index in [-0.39, 0.29) is 24.4 Å². The number of rotatable bonds is 6. The van der Waals surface area contributed by atoms with Crippen molar-refractivity contribution in [3.8, 4) is 6.07 Å². The Labute approximate surface area is 146 Å². The normalized spacial score (nSPS) is 11.0. The number of amides is 3. The lowest BCUT2D eigenvalue weighted by Gasteiger charge is -2.15. The number of carbonyl (C=O) groups excluding carboxylic acids is 2. The molecule has 0 aliphatic heterocycles. The summed E-state index contributed by atoms with van der Waals surface area (Å²) in [5.41, 5.74) is 1.69. The molecular weight excluding hydrogens is 316 g/mol. The van der Waals surface area contributed by atoms with Gasteiger partial charge in [0.25, 0.3) is 5.91 Å². The monoisotopic (exact) mass is 336 g/mol. The molecule has 0 fully saturated rings. The maximum absolute atomic E-state index is 12.2. The zero-order chi connectivity index (χ0) is 18.1. The van der Waals surface area contributed by atoms with Crippen LogP contribution in [0.1, 0.15) is 30.1 Å². The van der Waals surface area contributed by atoms with E-state index < -0.39 is 0 Å². The standard InChI is InChI=1S/C19H20N4O2/c1-2-15(11-12-20)22-19(25)23-17-10-6-9-16(13-17)21-18(24)14-7-4-3-5-8-14/h3-10,13,15H,2,11H2,1H3,(H,21,24)(H2,22,23,25)/t15-/m0/s1. The molecule has 25 heavy (non-hydrogen) atoms. The van der Waals surface area contributed by atoms with Crippen molar-refractivity contribution >= 4 is 23.3 Å². The van der Waals surface area contributed by atoms with Crippen molar-refractivity contribution < 1.29 is 9.59 Å². The SMILES string of the molecule is CC[C@@H](CC#N)NC(=O)Nc1cccc(NC(=O)c2ccccc2)c1. The minimum Gasteiger partial charge on any atom is -0.334 e. The highest BCUT2D eigenvalue weighted by atomic mass is 16.2. The van der Waals surface area contributed by atoms with Gasteiger partial charge >= 0.3 is 6.03 Å². The van der Waals surface area contributed by atoms with Crippen LogP contribution in [0.2, 0.25) is 0 Å². The fraction of sp³-hybridized carbons (Fsp3) is 0.211. The molecule has 0 bridgehead atoms. The van der Waals surface area contributed by atoms with Crippen molar-refractivity contribution in [2.75, 3.05) is 10.6 Å². The molecule has 6 heteroatoms. The van der Waals surface area contributed by atoms with Crippen LogP contribution in [-0.2, 0) is 0 Å². The molecule has 0 aliphatic rings. The number of hydrogen-bond donors (Lipinski definition) is 3. The summed E-state index contributed by atoms with van der Waals surface area (Å²) in [4.78, 5) is 24.2. The quantitative estimate of drug-likeness (QED) is 0.750. The number of carbonyl (C=O) groups is 2. The molecule has 1 atom stereocenters. The van der Waals surface area contributed by atoms with Gasteiger partial charge in [0.1, 0.15) is 0 Å². The number of nitriles is 1. The van der Waals surface area contributed by atoms with Gasteiger partial charge in [-0.1, -0.05) is 31.2 Å². The first-order valence-corrected chi connectivity index (χ1v) is 8.03. The number of hydrogen-bond acceptors (Lipinski definition) is 3. The fourth-order valence-electron chi connectivity index (χ4n) is 2.23. The summed E-state index contributed by atoms with van der Waals surface area (Å²) < 4.78 is 0. The van der Waals surface area contributed by atoms with E-state index in [0.717, 1.165) is 0 Å². The molecule has 0 heterocycles. The van der Waals surface area contributed by atoms with Crippen LogP contribution >= 0.6 is 0 Å². The van der Waals surface area contributed by atoms with Crippen LogP contribution < -0.4 is 16.0 Å². The predicted molar refractivity (Wildman–Crippen MR) is 97.3 cm³/mol. The molecule has 3 amide bonds. The molecule has 128 valence electrons. The largest absolute Gasteiger partial charge is 0.334 e. The summed E-state index contributed by atoms with van der Waals surface area (Å²) in [6.07, 6.45) is 0.936. The summed E-state index contributed by atoms with van der Waals surface area (Å²) in [5.74, 6) is -0.220. The average Bonchev–Trinajstić information content (AvgIpc) is 2.62. The third-order valence-corrected chi connectivity index (χ3v) is 3.58. The van der Waals surface area contributed by atoms with Crippen LogP contribution in [-0.4, -0.2) is 18.0 Å². The maximum atomic E-state index is 12.2. The number of nitrogens with one attached hydrogen (secondary N) is 3. The zero-order valence-corrected chi connectivity index (χ0v) is 14.0. The third kappa shape index (κ3) is 5.66. The Morgan fingerprint density at radius 2 is 1.72 bits per heavy atom. The summed E-state index contributed by atoms with van der Waals surface area (Å²) >= 11 is 0. The van der Waals surface area contributed by atoms with E-state index in [1.165, 1.54) is 0 Å². The molecule has 0 radical (unpaired) electrons. The lowest BCUT2D eigenvalue weighted by molar-refractivity contribution is 0.102. The van der Waals surface area contributed by atoms with E-state index >= 15 is 0 Å². The Morgan fingerprint density at radius 3 is 2.36 bits per heavy atom. The highest BCUT2D eigenvalue weighted by molar-refractivity contribution is 6.04. The Kier molecular flexibility index (Phi) is 6.55. The number of nitrogens with zero attached hydrogens (tertiary/aromatic N) is 1. The average molecular weight is 336 g/mol. The molecule has 3 N–H and O–H groups in total. The highest BCUT2D eigenvalue weighted by Crippen LogP contribution is 2.16. The van der Waals surface area contributed by atoms with Gasteiger partial charge in [0.15, 0.2) is 0 Å². The Balaban J connectivity index is 1.98. The first kappa shape index (κ1) is 18.0. The van der Waals surface area contributed by atoms with Gasteiger partial charge in [-0.15, -0.1) is 0 Å². The summed E-state index contributed by atoms with van der Waals surface area (Å²) in [7, 11) is 0. The smallest absolute Gasteiger partial charge is 0.319 e. The van der Waals surface area contributed by atoms with Crippen LogP contribution in [0.15, 0.2) is 54.6 Å². The summed E-state index contributed by atoms with van der Waals surface area (Å²) in [5, 5.41) is 17.0. The predicted octanol–water partition coefficient (Wildman–Crippen LogP) is 3.75. The van der Waals surface area contributed by atoms with Gasteiger partial charge in [-0.05, 0) is 36.8 Å². The molecule has 0 spiro atoms. The van der Waals surface area contributed by atoms with Crippen molar-refractivity contribution in [3.05, 3.63) is 60.2 Å². The molecule has 0 aromatic heterocycles. The fourth-order valence-corrected chi connectivity index (χ4v) is 2.23. The summed E-state index contributed by atoms with van der Waals surface area (Å²) in [6, 6.07) is 17.2. The molecule has 0 aliphatic carbocycles. The minimum absolute atomic E-state index is 0.189. The first-order valence-electron chi connectivity index (χ1n) is 8.03. The van der Waals surface area contributed by atoms with Crippen LogP contribution in [0.4, 0.5) is 16.2 Å². The summed E-state index contributed by atoms with van der Waals surface area (Å²) in [6.45, 7) is 1.90. The van der Waals surface area contributed by atoms with Gasteiger partial charge in [0, 0.05) is 23.0 Å². The topological polar surface area (TPSA) is 94.0 Å². The Hall–Kier alpha value is -3.33. The van der Waals surface area contributed by atoms with E-state index in [1.807, 2.05) is 19.1 Å². The van der Waals surface area contributed by atoms with E-state index in [9.17, 15) is 9.59 Å². The number of anilines is 2. The number of benzene rings is 2. The molecule has 2 aromatic rings. The van der Waals surface area contributed by atoms with E-state index in [0.29, 0.717) is 23.4 Å². The molecule has 0 saturated heterocycles. The van der Waals surface area contributed by atoms with E-state index in [4.69, 9.17) is 5.26 Å². The van der Waals surface area contributed by atoms with Crippen LogP contribution in [0.3, 0.4) is 0 Å². The zero-order valence-electron chi connectivity index (χ0n) is 14.0. The molecule has 0 saturated carbocycles. The number of urea groups is 1. The lowest BCUT2D eigenvalue weighted by atomic mass is 10.2. The highest BCUT2D eigenvalue weighted by Gasteiger charge is 2.10. The van der Waals surface area contributed by atoms with Crippen LogP contribution in [0, 0.1) is 11.3 Å². The van der Waals surface area contributed by atoms with E-state index in [2.05, 4.69) is 16.0 Å². The Bertz CT molecular complexity index is 768. The third-order valence-electron chi connectivity index (χ3n) is 3.58. The van der Waals surface area contributed by atoms with Gasteiger partial charge in [-0.3, -0.25) is 4.79 Å². The van der Waals surface area contributed by atoms with Crippen molar-refractivity contribution in [1.29, 1.82) is 5.26 Å². The Morgan fingerprint density at radius 1 is 1.04 bits per heavy atom. The van der Waals surface area contributed by atoms with Crippen LogP contribution in [0.25, 0.3) is 0 Å². The molecule has 6 nitrogen and oxygen atoms in total.